The number of halogens is 1. The van der Waals surface area contributed by atoms with Crippen molar-refractivity contribution in [3.8, 4) is 0 Å². The summed E-state index contributed by atoms with van der Waals surface area (Å²) in [6, 6.07) is 14.8. The maximum atomic E-state index is 13.6. The third kappa shape index (κ3) is 4.29. The van der Waals surface area contributed by atoms with Crippen LogP contribution in [0.15, 0.2) is 54.6 Å². The zero-order chi connectivity index (χ0) is 20.9. The number of carbonyl (C=O) groups excluding carboxylic acids is 3. The molecule has 0 aromatic heterocycles. The van der Waals surface area contributed by atoms with Crippen LogP contribution in [0.2, 0.25) is 0 Å². The number of carbonyl (C=O) groups is 3. The first-order chi connectivity index (χ1) is 14.0. The van der Waals surface area contributed by atoms with Crippen molar-refractivity contribution in [1.82, 2.24) is 15.5 Å². The Morgan fingerprint density at radius 1 is 1.10 bits per heavy atom. The molecule has 2 aromatic carbocycles. The van der Waals surface area contributed by atoms with Crippen LogP contribution in [0.1, 0.15) is 30.9 Å². The summed E-state index contributed by atoms with van der Waals surface area (Å²) in [5.41, 5.74) is 0.0390. The van der Waals surface area contributed by atoms with E-state index in [1.807, 2.05) is 25.1 Å². The molecule has 0 aliphatic carbocycles. The maximum Gasteiger partial charge on any atom is 0.325 e. The van der Waals surface area contributed by atoms with E-state index in [2.05, 4.69) is 10.6 Å². The Morgan fingerprint density at radius 2 is 1.79 bits per heavy atom. The minimum absolute atomic E-state index is 0.211. The lowest BCUT2D eigenvalue weighted by molar-refractivity contribution is -0.135. The van der Waals surface area contributed by atoms with Crippen molar-refractivity contribution >= 4 is 17.8 Å². The highest BCUT2D eigenvalue weighted by Crippen LogP contribution is 2.33. The average molecular weight is 397 g/mol. The second-order valence-corrected chi connectivity index (χ2v) is 7.03. The average Bonchev–Trinajstić information content (AvgIpc) is 2.95. The molecule has 7 heteroatoms. The highest BCUT2D eigenvalue weighted by molar-refractivity contribution is 6.09. The lowest BCUT2D eigenvalue weighted by Gasteiger charge is -2.26. The third-order valence-corrected chi connectivity index (χ3v) is 5.04. The van der Waals surface area contributed by atoms with E-state index in [1.165, 1.54) is 6.07 Å². The topological polar surface area (TPSA) is 78.5 Å². The molecule has 2 aromatic rings. The number of urea groups is 1. The van der Waals surface area contributed by atoms with Gasteiger partial charge in [-0.2, -0.15) is 0 Å². The molecular weight excluding hydrogens is 373 g/mol. The van der Waals surface area contributed by atoms with E-state index in [0.717, 1.165) is 4.90 Å². The first-order valence-electron chi connectivity index (χ1n) is 9.67. The molecule has 29 heavy (non-hydrogen) atoms. The zero-order valence-corrected chi connectivity index (χ0v) is 16.3. The summed E-state index contributed by atoms with van der Waals surface area (Å²) in [5, 5.41) is 5.43. The second-order valence-electron chi connectivity index (χ2n) is 7.03. The van der Waals surface area contributed by atoms with Crippen LogP contribution in [-0.2, 0) is 21.5 Å². The molecule has 0 radical (unpaired) electrons. The Bertz CT molecular complexity index is 903. The molecule has 0 saturated carbocycles. The lowest BCUT2D eigenvalue weighted by atomic mass is 9.85. The van der Waals surface area contributed by atoms with Crippen molar-refractivity contribution in [2.45, 2.75) is 31.7 Å². The van der Waals surface area contributed by atoms with E-state index in [9.17, 15) is 18.8 Å². The van der Waals surface area contributed by atoms with Crippen molar-refractivity contribution in [2.75, 3.05) is 13.1 Å². The first-order valence-corrected chi connectivity index (χ1v) is 9.67. The molecule has 1 aliphatic heterocycles. The number of hydrogen-bond acceptors (Lipinski definition) is 3. The Labute approximate surface area is 169 Å². The van der Waals surface area contributed by atoms with Gasteiger partial charge in [0.2, 0.25) is 5.91 Å². The third-order valence-electron chi connectivity index (χ3n) is 5.04. The Kier molecular flexibility index (Phi) is 6.26. The monoisotopic (exact) mass is 397 g/mol. The zero-order valence-electron chi connectivity index (χ0n) is 16.3. The second kappa shape index (κ2) is 8.86. The van der Waals surface area contributed by atoms with E-state index in [4.69, 9.17) is 0 Å². The summed E-state index contributed by atoms with van der Waals surface area (Å²) in [7, 11) is 0. The molecule has 2 N–H and O–H groups in total. The molecule has 3 rings (SSSR count). The van der Waals surface area contributed by atoms with Crippen LogP contribution in [0.5, 0.6) is 0 Å². The van der Waals surface area contributed by atoms with Gasteiger partial charge in [-0.1, -0.05) is 61.9 Å². The number of imide groups is 1. The molecule has 1 heterocycles. The number of nitrogens with zero attached hydrogens (tertiary/aromatic N) is 1. The van der Waals surface area contributed by atoms with Crippen molar-refractivity contribution in [3.63, 3.8) is 0 Å². The highest BCUT2D eigenvalue weighted by atomic mass is 19.1. The summed E-state index contributed by atoms with van der Waals surface area (Å²) in [5.74, 6) is -1.23. The van der Waals surface area contributed by atoms with Gasteiger partial charge in [-0.3, -0.25) is 14.5 Å². The van der Waals surface area contributed by atoms with Gasteiger partial charge in [0, 0.05) is 6.54 Å². The summed E-state index contributed by atoms with van der Waals surface area (Å²) in [6.07, 6.45) is 1.44. The normalized spacial score (nSPS) is 18.6. The smallest absolute Gasteiger partial charge is 0.325 e. The van der Waals surface area contributed by atoms with Crippen LogP contribution in [-0.4, -0.2) is 35.8 Å². The molecule has 152 valence electrons. The van der Waals surface area contributed by atoms with Gasteiger partial charge in [-0.25, -0.2) is 9.18 Å². The maximum absolute atomic E-state index is 13.6. The minimum atomic E-state index is -1.15. The van der Waals surface area contributed by atoms with Crippen LogP contribution in [0.25, 0.3) is 0 Å². The Morgan fingerprint density at radius 3 is 2.48 bits per heavy atom. The quantitative estimate of drug-likeness (QED) is 0.673. The summed E-state index contributed by atoms with van der Waals surface area (Å²) in [4.78, 5) is 38.8. The number of amides is 4. The van der Waals surface area contributed by atoms with Gasteiger partial charge < -0.3 is 10.6 Å². The molecule has 0 spiro atoms. The first kappa shape index (κ1) is 20.5. The largest absolute Gasteiger partial charge is 0.354 e. The van der Waals surface area contributed by atoms with Crippen molar-refractivity contribution in [1.29, 1.82) is 0 Å². The summed E-state index contributed by atoms with van der Waals surface area (Å²) in [6.45, 7) is 1.77. The predicted octanol–water partition coefficient (Wildman–Crippen LogP) is 2.73. The highest BCUT2D eigenvalue weighted by Gasteiger charge is 2.52. The molecule has 0 bridgehead atoms. The molecule has 1 atom stereocenters. The Hall–Kier alpha value is -3.22. The minimum Gasteiger partial charge on any atom is -0.354 e. The van der Waals surface area contributed by atoms with E-state index in [1.54, 1.807) is 30.3 Å². The van der Waals surface area contributed by atoms with Crippen LogP contribution < -0.4 is 10.6 Å². The molecular formula is C22H24FN3O3. The summed E-state index contributed by atoms with van der Waals surface area (Å²) < 4.78 is 13.6. The fourth-order valence-corrected chi connectivity index (χ4v) is 3.61. The molecule has 6 nitrogen and oxygen atoms in total. The van der Waals surface area contributed by atoms with E-state index < -0.39 is 23.4 Å². The van der Waals surface area contributed by atoms with E-state index in [-0.39, 0.29) is 18.9 Å². The van der Waals surface area contributed by atoms with Crippen LogP contribution in [0.4, 0.5) is 9.18 Å². The fraction of sp³-hybridized carbons (Fsp3) is 0.318. The van der Waals surface area contributed by atoms with Crippen molar-refractivity contribution in [2.24, 2.45) is 0 Å². The molecule has 0 unspecified atom stereocenters. The van der Waals surface area contributed by atoms with Crippen molar-refractivity contribution < 1.29 is 18.8 Å². The van der Waals surface area contributed by atoms with Gasteiger partial charge >= 0.3 is 6.03 Å². The Balaban J connectivity index is 1.65. The molecule has 4 amide bonds. The van der Waals surface area contributed by atoms with Gasteiger partial charge in [-0.15, -0.1) is 0 Å². The number of benzene rings is 2. The predicted molar refractivity (Wildman–Crippen MR) is 106 cm³/mol. The van der Waals surface area contributed by atoms with Crippen molar-refractivity contribution in [3.05, 3.63) is 71.5 Å². The standard InChI is InChI=1S/C22H24FN3O3/c1-2-13-22(17-9-4-3-5-10-17)20(28)26(21(29)25-22)15-19(27)24-14-12-16-8-6-7-11-18(16)23/h3-11H,2,12-15H2,1H3,(H,24,27)(H,25,29)/t22-/m0/s1. The van der Waals surface area contributed by atoms with Crippen LogP contribution in [0.3, 0.4) is 0 Å². The molecule has 1 fully saturated rings. The number of rotatable bonds is 8. The van der Waals surface area contributed by atoms with Crippen LogP contribution in [0, 0.1) is 5.82 Å². The lowest BCUT2D eigenvalue weighted by Crippen LogP contribution is -2.45. The fourth-order valence-electron chi connectivity index (χ4n) is 3.61. The van der Waals surface area contributed by atoms with E-state index >= 15 is 0 Å². The number of nitrogens with one attached hydrogen (secondary N) is 2. The number of hydrogen-bond donors (Lipinski definition) is 2. The van der Waals surface area contributed by atoms with Gasteiger partial charge in [0.1, 0.15) is 17.9 Å². The molecule has 1 saturated heterocycles. The van der Waals surface area contributed by atoms with Gasteiger partial charge in [0.25, 0.3) is 5.91 Å². The summed E-state index contributed by atoms with van der Waals surface area (Å²) >= 11 is 0. The van der Waals surface area contributed by atoms with Crippen LogP contribution >= 0.6 is 0 Å². The van der Waals surface area contributed by atoms with Gasteiger partial charge in [-0.05, 0) is 30.0 Å². The van der Waals surface area contributed by atoms with E-state index in [0.29, 0.717) is 30.4 Å². The van der Waals surface area contributed by atoms with Gasteiger partial charge in [0.15, 0.2) is 0 Å². The molecule has 1 aliphatic rings. The SMILES string of the molecule is CCC[C@@]1(c2ccccc2)NC(=O)N(CC(=O)NCCc2ccccc2F)C1=O. The van der Waals surface area contributed by atoms with Gasteiger partial charge in [0.05, 0.1) is 0 Å².